The van der Waals surface area contributed by atoms with Crippen LogP contribution in [0.15, 0.2) is 42.5 Å². The van der Waals surface area contributed by atoms with E-state index in [1.165, 1.54) is 10.8 Å². The molecule has 19 heavy (non-hydrogen) atoms. The van der Waals surface area contributed by atoms with Crippen molar-refractivity contribution in [3.63, 3.8) is 0 Å². The van der Waals surface area contributed by atoms with Crippen LogP contribution in [-0.4, -0.2) is 37.1 Å². The minimum atomic E-state index is -0.522. The molecule has 3 rings (SSSR count). The molecule has 1 fully saturated rings. The lowest BCUT2D eigenvalue weighted by molar-refractivity contribution is -0.131. The Morgan fingerprint density at radius 3 is 2.79 bits per heavy atom. The summed E-state index contributed by atoms with van der Waals surface area (Å²) in [6, 6.07) is 14.4. The predicted octanol–water partition coefficient (Wildman–Crippen LogP) is 2.16. The molecule has 1 aliphatic heterocycles. The van der Waals surface area contributed by atoms with Crippen LogP contribution in [0.3, 0.4) is 0 Å². The summed E-state index contributed by atoms with van der Waals surface area (Å²) in [5.41, 5.74) is 1.15. The van der Waals surface area contributed by atoms with Gasteiger partial charge in [-0.1, -0.05) is 42.5 Å². The monoisotopic (exact) mass is 258 g/mol. The van der Waals surface area contributed by atoms with Gasteiger partial charge in [0.1, 0.15) is 6.10 Å². The molecule has 2 aromatic carbocycles. The Morgan fingerprint density at radius 2 is 1.95 bits per heavy atom. The Balaban J connectivity index is 1.80. The molecule has 100 valence electrons. The number of aliphatic hydroxyl groups is 1. The van der Waals surface area contributed by atoms with Gasteiger partial charge in [-0.05, 0) is 16.3 Å². The lowest BCUT2D eigenvalue weighted by Crippen LogP contribution is -2.39. The number of rotatable bonds is 3. The number of ether oxygens (including phenoxy) is 2. The zero-order chi connectivity index (χ0) is 13.1. The van der Waals surface area contributed by atoms with Gasteiger partial charge < -0.3 is 14.6 Å². The van der Waals surface area contributed by atoms with Crippen molar-refractivity contribution in [1.82, 2.24) is 0 Å². The molecule has 0 aromatic heterocycles. The van der Waals surface area contributed by atoms with Crippen molar-refractivity contribution in [3.8, 4) is 0 Å². The molecular weight excluding hydrogens is 240 g/mol. The fourth-order valence-electron chi connectivity index (χ4n) is 2.56. The lowest BCUT2D eigenvalue weighted by atomic mass is 9.98. The first-order chi connectivity index (χ1) is 9.34. The van der Waals surface area contributed by atoms with Crippen LogP contribution in [0.5, 0.6) is 0 Å². The molecule has 0 aliphatic carbocycles. The topological polar surface area (TPSA) is 38.7 Å². The zero-order valence-electron chi connectivity index (χ0n) is 10.8. The van der Waals surface area contributed by atoms with Crippen molar-refractivity contribution >= 4 is 10.8 Å². The molecule has 0 amide bonds. The molecule has 1 saturated heterocycles. The van der Waals surface area contributed by atoms with Gasteiger partial charge in [0.2, 0.25) is 0 Å². The molecule has 1 heterocycles. The molecule has 2 atom stereocenters. The highest BCUT2D eigenvalue weighted by molar-refractivity contribution is 5.85. The predicted molar refractivity (Wildman–Crippen MR) is 74.2 cm³/mol. The standard InChI is InChI=1S/C16H18O3/c17-15(16-11-18-8-9-19-16)10-13-6-3-5-12-4-1-2-7-14(12)13/h1-7,15-17H,8-11H2. The van der Waals surface area contributed by atoms with Crippen LogP contribution in [0.25, 0.3) is 10.8 Å². The molecule has 0 radical (unpaired) electrons. The fourth-order valence-corrected chi connectivity index (χ4v) is 2.56. The summed E-state index contributed by atoms with van der Waals surface area (Å²) >= 11 is 0. The van der Waals surface area contributed by atoms with E-state index in [9.17, 15) is 5.11 Å². The maximum Gasteiger partial charge on any atom is 0.107 e. The number of hydrogen-bond acceptors (Lipinski definition) is 3. The van der Waals surface area contributed by atoms with E-state index in [4.69, 9.17) is 9.47 Å². The van der Waals surface area contributed by atoms with Crippen LogP contribution in [0.1, 0.15) is 5.56 Å². The van der Waals surface area contributed by atoms with Crippen molar-refractivity contribution in [2.45, 2.75) is 18.6 Å². The average Bonchev–Trinajstić information content (AvgIpc) is 2.48. The van der Waals surface area contributed by atoms with Crippen LogP contribution in [-0.2, 0) is 15.9 Å². The molecule has 1 N–H and O–H groups in total. The molecular formula is C16H18O3. The second kappa shape index (κ2) is 5.70. The van der Waals surface area contributed by atoms with Gasteiger partial charge in [-0.2, -0.15) is 0 Å². The summed E-state index contributed by atoms with van der Waals surface area (Å²) in [5.74, 6) is 0. The van der Waals surface area contributed by atoms with Crippen LogP contribution in [0.4, 0.5) is 0 Å². The van der Waals surface area contributed by atoms with Crippen LogP contribution in [0.2, 0.25) is 0 Å². The molecule has 2 aromatic rings. The normalized spacial score (nSPS) is 21.4. The van der Waals surface area contributed by atoms with E-state index in [0.29, 0.717) is 26.2 Å². The Bertz CT molecular complexity index is 541. The van der Waals surface area contributed by atoms with Gasteiger partial charge in [-0.15, -0.1) is 0 Å². The van der Waals surface area contributed by atoms with Crippen LogP contribution < -0.4 is 0 Å². The quantitative estimate of drug-likeness (QED) is 0.917. The van der Waals surface area contributed by atoms with Gasteiger partial charge in [0.15, 0.2) is 0 Å². The van der Waals surface area contributed by atoms with Crippen molar-refractivity contribution in [3.05, 3.63) is 48.0 Å². The van der Waals surface area contributed by atoms with Gasteiger partial charge >= 0.3 is 0 Å². The van der Waals surface area contributed by atoms with E-state index >= 15 is 0 Å². The second-order valence-corrected chi connectivity index (χ2v) is 4.89. The van der Waals surface area contributed by atoms with Crippen LogP contribution >= 0.6 is 0 Å². The third-order valence-electron chi connectivity index (χ3n) is 3.58. The Labute approximate surface area is 112 Å². The Morgan fingerprint density at radius 1 is 1.11 bits per heavy atom. The number of fused-ring (bicyclic) bond motifs is 1. The highest BCUT2D eigenvalue weighted by atomic mass is 16.6. The van der Waals surface area contributed by atoms with Crippen molar-refractivity contribution < 1.29 is 14.6 Å². The minimum absolute atomic E-state index is 0.215. The zero-order valence-corrected chi connectivity index (χ0v) is 10.8. The summed E-state index contributed by atoms with van der Waals surface area (Å²) in [5, 5.41) is 12.7. The Hall–Kier alpha value is -1.42. The number of aliphatic hydroxyl groups excluding tert-OH is 1. The Kier molecular flexibility index (Phi) is 3.78. The third-order valence-corrected chi connectivity index (χ3v) is 3.58. The third kappa shape index (κ3) is 2.78. The molecule has 3 heteroatoms. The van der Waals surface area contributed by atoms with E-state index < -0.39 is 6.10 Å². The largest absolute Gasteiger partial charge is 0.390 e. The first kappa shape index (κ1) is 12.6. The summed E-state index contributed by atoms with van der Waals surface area (Å²) < 4.78 is 10.9. The lowest BCUT2D eigenvalue weighted by Gasteiger charge is -2.27. The summed E-state index contributed by atoms with van der Waals surface area (Å²) in [6.07, 6.45) is -0.145. The SMILES string of the molecule is OC(Cc1cccc2ccccc12)C1COCCO1. The maximum absolute atomic E-state index is 10.3. The van der Waals surface area contributed by atoms with Gasteiger partial charge in [-0.3, -0.25) is 0 Å². The fraction of sp³-hybridized carbons (Fsp3) is 0.375. The van der Waals surface area contributed by atoms with Crippen molar-refractivity contribution in [2.24, 2.45) is 0 Å². The van der Waals surface area contributed by atoms with E-state index in [-0.39, 0.29) is 6.10 Å². The van der Waals surface area contributed by atoms with E-state index in [1.807, 2.05) is 18.2 Å². The molecule has 3 nitrogen and oxygen atoms in total. The minimum Gasteiger partial charge on any atom is -0.390 e. The van der Waals surface area contributed by atoms with E-state index in [2.05, 4.69) is 24.3 Å². The van der Waals surface area contributed by atoms with E-state index in [1.54, 1.807) is 0 Å². The van der Waals surface area contributed by atoms with Gasteiger partial charge in [0.25, 0.3) is 0 Å². The molecule has 2 unspecified atom stereocenters. The van der Waals surface area contributed by atoms with Crippen molar-refractivity contribution in [2.75, 3.05) is 19.8 Å². The molecule has 1 aliphatic rings. The molecule has 0 spiro atoms. The van der Waals surface area contributed by atoms with Crippen molar-refractivity contribution in [1.29, 1.82) is 0 Å². The van der Waals surface area contributed by atoms with Gasteiger partial charge in [0, 0.05) is 6.42 Å². The summed E-state index contributed by atoms with van der Waals surface area (Å²) in [7, 11) is 0. The number of benzene rings is 2. The van der Waals surface area contributed by atoms with Crippen LogP contribution in [0, 0.1) is 0 Å². The molecule has 0 bridgehead atoms. The molecule has 0 saturated carbocycles. The maximum atomic E-state index is 10.3. The summed E-state index contributed by atoms with van der Waals surface area (Å²) in [4.78, 5) is 0. The first-order valence-electron chi connectivity index (χ1n) is 6.68. The summed E-state index contributed by atoms with van der Waals surface area (Å²) in [6.45, 7) is 1.67. The van der Waals surface area contributed by atoms with Gasteiger partial charge in [0.05, 0.1) is 25.9 Å². The first-order valence-corrected chi connectivity index (χ1v) is 6.68. The number of hydrogen-bond donors (Lipinski definition) is 1. The smallest absolute Gasteiger partial charge is 0.107 e. The average molecular weight is 258 g/mol. The van der Waals surface area contributed by atoms with Gasteiger partial charge in [-0.25, -0.2) is 0 Å². The highest BCUT2D eigenvalue weighted by Gasteiger charge is 2.23. The van der Waals surface area contributed by atoms with E-state index in [0.717, 1.165) is 5.56 Å². The second-order valence-electron chi connectivity index (χ2n) is 4.89. The highest BCUT2D eigenvalue weighted by Crippen LogP contribution is 2.21.